The van der Waals surface area contributed by atoms with Crippen LogP contribution in [0.15, 0.2) is 24.4 Å². The number of aromatic amines is 1. The summed E-state index contributed by atoms with van der Waals surface area (Å²) in [5, 5.41) is 10.8. The molecule has 0 spiro atoms. The van der Waals surface area contributed by atoms with Crippen LogP contribution in [-0.4, -0.2) is 48.3 Å². The fourth-order valence-electron chi connectivity index (χ4n) is 4.39. The van der Waals surface area contributed by atoms with E-state index in [2.05, 4.69) is 9.88 Å². The van der Waals surface area contributed by atoms with Gasteiger partial charge in [-0.15, -0.1) is 0 Å². The number of hydrogen-bond acceptors (Lipinski definition) is 3. The Labute approximate surface area is 128 Å². The molecule has 3 atom stereocenters. The van der Waals surface area contributed by atoms with Gasteiger partial charge in [-0.05, 0) is 43.0 Å². The van der Waals surface area contributed by atoms with E-state index in [0.29, 0.717) is 6.42 Å². The monoisotopic (exact) mass is 289 g/mol. The minimum Gasteiger partial charge on any atom is -0.396 e. The van der Waals surface area contributed by atoms with Crippen LogP contribution in [0, 0.1) is 5.92 Å². The Balaban J connectivity index is 1.95. The summed E-state index contributed by atoms with van der Waals surface area (Å²) in [7, 11) is -0.506. The Hall–Kier alpha value is -1.36. The van der Waals surface area contributed by atoms with Crippen molar-refractivity contribution < 1.29 is 14.0 Å². The highest BCUT2D eigenvalue weighted by Gasteiger charge is 2.51. The first-order valence-corrected chi connectivity index (χ1v) is 7.45. The first kappa shape index (κ1) is 10.4. The van der Waals surface area contributed by atoms with Gasteiger partial charge in [-0.1, -0.05) is 12.1 Å². The van der Waals surface area contributed by atoms with E-state index < -0.39 is 12.6 Å². The van der Waals surface area contributed by atoms with E-state index in [9.17, 15) is 5.11 Å². The molecule has 2 heterocycles. The summed E-state index contributed by atoms with van der Waals surface area (Å²) >= 11 is 0. The Morgan fingerprint density at radius 1 is 1.57 bits per heavy atom. The third-order valence-corrected chi connectivity index (χ3v) is 5.31. The lowest BCUT2D eigenvalue weighted by Gasteiger charge is -2.52. The Kier molecular flexibility index (Phi) is 2.26. The Morgan fingerprint density at radius 3 is 3.29 bits per heavy atom. The van der Waals surface area contributed by atoms with E-state index in [1.807, 2.05) is 31.4 Å². The molecule has 1 fully saturated rings. The summed E-state index contributed by atoms with van der Waals surface area (Å²) in [6.45, 7) is 0.766. The van der Waals surface area contributed by atoms with Crippen molar-refractivity contribution in [2.45, 2.75) is 24.5 Å². The standard InChI is InChI=1S/C17H22N2O2/c1-19-9-11(10-20)7-17(21-2)13-4-3-5-14-16(13)12(8-18-14)6-15(17)19/h3-5,8,11,15,18,20H,6-7,9-10H2,1-2H3/t11-,15-,17+/m1/s1/i2D3. The molecule has 0 bridgehead atoms. The molecule has 21 heavy (non-hydrogen) atoms. The van der Waals surface area contributed by atoms with E-state index in [1.54, 1.807) is 0 Å². The summed E-state index contributed by atoms with van der Waals surface area (Å²) in [6.07, 6.45) is 3.27. The average molecular weight is 289 g/mol. The van der Waals surface area contributed by atoms with Crippen molar-refractivity contribution in [2.75, 3.05) is 27.2 Å². The van der Waals surface area contributed by atoms with E-state index in [0.717, 1.165) is 29.4 Å². The maximum atomic E-state index is 9.73. The Morgan fingerprint density at radius 2 is 2.48 bits per heavy atom. The lowest BCUT2D eigenvalue weighted by Crippen LogP contribution is -2.59. The first-order valence-electron chi connectivity index (χ1n) is 8.95. The second-order valence-electron chi connectivity index (χ2n) is 6.45. The molecule has 2 N–H and O–H groups in total. The molecular formula is C17H22N2O2. The lowest BCUT2D eigenvalue weighted by molar-refractivity contribution is -0.130. The van der Waals surface area contributed by atoms with Crippen LogP contribution < -0.4 is 0 Å². The topological polar surface area (TPSA) is 48.5 Å². The number of H-pyrrole nitrogens is 1. The summed E-state index contributed by atoms with van der Waals surface area (Å²) in [5.74, 6) is -0.00986. The molecule has 4 nitrogen and oxygen atoms in total. The van der Waals surface area contributed by atoms with Crippen molar-refractivity contribution in [2.24, 2.45) is 5.92 Å². The van der Waals surface area contributed by atoms with Crippen molar-refractivity contribution >= 4 is 10.9 Å². The number of nitrogens with one attached hydrogen (secondary N) is 1. The number of fused-ring (bicyclic) bond motifs is 2. The van der Waals surface area contributed by atoms with E-state index in [4.69, 9.17) is 8.85 Å². The number of aromatic nitrogens is 1. The molecule has 1 aromatic heterocycles. The van der Waals surface area contributed by atoms with Crippen molar-refractivity contribution in [3.05, 3.63) is 35.5 Å². The predicted octanol–water partition coefficient (Wildman–Crippen LogP) is 1.88. The van der Waals surface area contributed by atoms with Crippen LogP contribution in [0.5, 0.6) is 0 Å². The lowest BCUT2D eigenvalue weighted by atomic mass is 9.69. The number of aliphatic hydroxyl groups excluding tert-OH is 1. The number of nitrogens with zero attached hydrogens (tertiary/aromatic N) is 1. The van der Waals surface area contributed by atoms with Crippen LogP contribution in [0.2, 0.25) is 0 Å². The molecule has 1 aliphatic heterocycles. The van der Waals surface area contributed by atoms with Crippen molar-refractivity contribution in [3.63, 3.8) is 0 Å². The molecule has 4 rings (SSSR count). The minimum atomic E-state index is -2.49. The van der Waals surface area contributed by atoms with Gasteiger partial charge in [0, 0.05) is 43.3 Å². The predicted molar refractivity (Wildman–Crippen MR) is 82.3 cm³/mol. The fraction of sp³-hybridized carbons (Fsp3) is 0.529. The minimum absolute atomic E-state index is 0.00986. The van der Waals surface area contributed by atoms with Crippen LogP contribution in [0.25, 0.3) is 10.9 Å². The average Bonchev–Trinajstić information content (AvgIpc) is 2.92. The van der Waals surface area contributed by atoms with Crippen LogP contribution in [0.1, 0.15) is 21.7 Å². The van der Waals surface area contributed by atoms with Crippen LogP contribution >= 0.6 is 0 Å². The first-order chi connectivity index (χ1) is 11.3. The van der Waals surface area contributed by atoms with Crippen LogP contribution in [0.3, 0.4) is 0 Å². The number of rotatable bonds is 2. The summed E-state index contributed by atoms with van der Waals surface area (Å²) in [4.78, 5) is 5.43. The number of ether oxygens (including phenoxy) is 1. The van der Waals surface area contributed by atoms with Gasteiger partial charge in [0.25, 0.3) is 0 Å². The molecule has 1 aliphatic carbocycles. The highest BCUT2D eigenvalue weighted by atomic mass is 16.5. The van der Waals surface area contributed by atoms with E-state index in [-0.39, 0.29) is 18.6 Å². The van der Waals surface area contributed by atoms with Gasteiger partial charge in [0.15, 0.2) is 0 Å². The summed E-state index contributed by atoms with van der Waals surface area (Å²) < 4.78 is 29.0. The zero-order chi connectivity index (χ0) is 17.1. The molecule has 2 aliphatic rings. The van der Waals surface area contributed by atoms with Crippen molar-refractivity contribution in [1.29, 1.82) is 0 Å². The SMILES string of the molecule is [2H]C([2H])([2H])O[C@]12C[C@@H](CO)CN(C)[C@@H]1Cc1c[nH]c3cccc2c13. The van der Waals surface area contributed by atoms with Crippen LogP contribution in [-0.2, 0) is 16.8 Å². The highest BCUT2D eigenvalue weighted by molar-refractivity contribution is 5.88. The maximum Gasteiger partial charge on any atom is 0.110 e. The van der Waals surface area contributed by atoms with Gasteiger partial charge in [0.05, 0.1) is 4.11 Å². The molecule has 1 saturated heterocycles. The van der Waals surface area contributed by atoms with E-state index in [1.165, 1.54) is 5.56 Å². The normalized spacial score (nSPS) is 35.0. The zero-order valence-electron chi connectivity index (χ0n) is 15.1. The molecular weight excluding hydrogens is 264 g/mol. The third-order valence-electron chi connectivity index (χ3n) is 5.31. The second-order valence-corrected chi connectivity index (χ2v) is 6.45. The number of likely N-dealkylation sites (tertiary alicyclic amines) is 1. The molecule has 112 valence electrons. The Bertz CT molecular complexity index is 773. The molecule has 4 heteroatoms. The van der Waals surface area contributed by atoms with Gasteiger partial charge in [-0.3, -0.25) is 4.90 Å². The highest BCUT2D eigenvalue weighted by Crippen LogP contribution is 2.49. The van der Waals surface area contributed by atoms with Gasteiger partial charge in [-0.2, -0.15) is 0 Å². The quantitative estimate of drug-likeness (QED) is 0.887. The molecule has 0 radical (unpaired) electrons. The maximum absolute atomic E-state index is 9.73. The molecule has 1 aromatic carbocycles. The number of piperidine rings is 1. The smallest absolute Gasteiger partial charge is 0.110 e. The van der Waals surface area contributed by atoms with Crippen molar-refractivity contribution in [1.82, 2.24) is 9.88 Å². The van der Waals surface area contributed by atoms with Gasteiger partial charge >= 0.3 is 0 Å². The van der Waals surface area contributed by atoms with Gasteiger partial charge in [0.2, 0.25) is 0 Å². The molecule has 0 unspecified atom stereocenters. The largest absolute Gasteiger partial charge is 0.396 e. The third kappa shape index (κ3) is 1.67. The van der Waals surface area contributed by atoms with Crippen LogP contribution in [0.4, 0.5) is 0 Å². The summed E-state index contributed by atoms with van der Waals surface area (Å²) in [5.41, 5.74) is 2.20. The van der Waals surface area contributed by atoms with Gasteiger partial charge < -0.3 is 14.8 Å². The summed E-state index contributed by atoms with van der Waals surface area (Å²) in [6, 6.07) is 5.86. The van der Waals surface area contributed by atoms with Gasteiger partial charge in [0.1, 0.15) is 5.60 Å². The fourth-order valence-corrected chi connectivity index (χ4v) is 4.39. The van der Waals surface area contributed by atoms with Gasteiger partial charge in [-0.25, -0.2) is 0 Å². The number of aliphatic hydroxyl groups is 1. The number of benzene rings is 1. The molecule has 0 amide bonds. The number of likely N-dealkylation sites (N-methyl/N-ethyl adjacent to an activating group) is 1. The molecule has 2 aromatic rings. The molecule has 0 saturated carbocycles. The van der Waals surface area contributed by atoms with E-state index >= 15 is 0 Å². The number of methoxy groups -OCH3 is 1. The second kappa shape index (κ2) is 4.57. The van der Waals surface area contributed by atoms with Crippen molar-refractivity contribution in [3.8, 4) is 0 Å². The number of hydrogen-bond donors (Lipinski definition) is 2. The zero-order valence-corrected chi connectivity index (χ0v) is 12.1.